The Morgan fingerprint density at radius 2 is 2.00 bits per heavy atom. The van der Waals surface area contributed by atoms with E-state index in [1.807, 2.05) is 13.0 Å². The molecule has 0 aliphatic heterocycles. The monoisotopic (exact) mass is 487 g/mol. The van der Waals surface area contributed by atoms with E-state index in [1.165, 1.54) is 12.3 Å². The van der Waals surface area contributed by atoms with Crippen molar-refractivity contribution in [2.45, 2.75) is 20.4 Å². The molecule has 0 saturated heterocycles. The quantitative estimate of drug-likeness (QED) is 0.241. The van der Waals surface area contributed by atoms with E-state index in [0.29, 0.717) is 37.8 Å². The second kappa shape index (κ2) is 12.4. The minimum atomic E-state index is -2.99. The number of rotatable bonds is 9. The van der Waals surface area contributed by atoms with Crippen molar-refractivity contribution in [3.05, 3.63) is 35.1 Å². The molecule has 2 N–H and O–H groups in total. The molecule has 0 saturated carbocycles. The minimum Gasteiger partial charge on any atom is -0.379 e. The highest BCUT2D eigenvalue weighted by atomic mass is 127. The van der Waals surface area contributed by atoms with Gasteiger partial charge in [0.15, 0.2) is 5.96 Å². The summed E-state index contributed by atoms with van der Waals surface area (Å²) in [5.41, 5.74) is 1.40. The van der Waals surface area contributed by atoms with Crippen LogP contribution in [0.25, 0.3) is 0 Å². The van der Waals surface area contributed by atoms with Gasteiger partial charge in [0.2, 0.25) is 0 Å². The van der Waals surface area contributed by atoms with E-state index in [0.717, 1.165) is 5.56 Å². The summed E-state index contributed by atoms with van der Waals surface area (Å²) in [7, 11) is -2.99. The first kappa shape index (κ1) is 24.1. The lowest BCUT2D eigenvalue weighted by Gasteiger charge is -2.11. The summed E-state index contributed by atoms with van der Waals surface area (Å²) in [5.74, 6) is 0.380. The van der Waals surface area contributed by atoms with Crippen molar-refractivity contribution in [1.82, 2.24) is 10.6 Å². The van der Waals surface area contributed by atoms with Crippen LogP contribution in [0.2, 0.25) is 0 Å². The van der Waals surface area contributed by atoms with Crippen molar-refractivity contribution in [1.29, 1.82) is 0 Å². The molecule has 0 radical (unpaired) electrons. The summed E-state index contributed by atoms with van der Waals surface area (Å²) >= 11 is 0. The fourth-order valence-corrected chi connectivity index (χ4v) is 2.22. The molecule has 9 heteroatoms. The summed E-state index contributed by atoms with van der Waals surface area (Å²) in [4.78, 5) is 4.39. The molecule has 0 heterocycles. The lowest BCUT2D eigenvalue weighted by molar-refractivity contribution is 0.154. The van der Waals surface area contributed by atoms with Crippen LogP contribution in [0.3, 0.4) is 0 Å². The Bertz CT molecular complexity index is 654. The molecular weight excluding hydrogens is 460 g/mol. The zero-order chi connectivity index (χ0) is 18.0. The SMILES string of the molecule is CCNC(=NCc1ccc(C)c(F)c1)NCCOCCS(C)(=O)=O.I. The van der Waals surface area contributed by atoms with E-state index in [9.17, 15) is 12.8 Å². The molecule has 6 nitrogen and oxygen atoms in total. The number of benzene rings is 1. The Morgan fingerprint density at radius 3 is 2.60 bits per heavy atom. The second-order valence-electron chi connectivity index (χ2n) is 5.45. The summed E-state index contributed by atoms with van der Waals surface area (Å²) in [6, 6.07) is 5.06. The fourth-order valence-electron chi connectivity index (χ4n) is 1.80. The number of ether oxygens (including phenoxy) is 1. The molecule has 1 rings (SSSR count). The van der Waals surface area contributed by atoms with Crippen molar-refractivity contribution >= 4 is 39.8 Å². The van der Waals surface area contributed by atoms with E-state index in [1.54, 1.807) is 13.0 Å². The van der Waals surface area contributed by atoms with Gasteiger partial charge in [0.1, 0.15) is 15.7 Å². The summed E-state index contributed by atoms with van der Waals surface area (Å²) in [6.07, 6.45) is 1.18. The van der Waals surface area contributed by atoms with Crippen LogP contribution in [0.1, 0.15) is 18.1 Å². The molecule has 0 atom stereocenters. The Labute approximate surface area is 166 Å². The van der Waals surface area contributed by atoms with Gasteiger partial charge in [-0.05, 0) is 31.0 Å². The van der Waals surface area contributed by atoms with E-state index in [2.05, 4.69) is 15.6 Å². The molecular formula is C16H27FIN3O3S. The third-order valence-corrected chi connectivity index (χ3v) is 4.05. The van der Waals surface area contributed by atoms with Gasteiger partial charge >= 0.3 is 0 Å². The number of nitrogens with one attached hydrogen (secondary N) is 2. The van der Waals surface area contributed by atoms with E-state index in [4.69, 9.17) is 4.74 Å². The zero-order valence-electron chi connectivity index (χ0n) is 14.8. The van der Waals surface area contributed by atoms with Gasteiger partial charge in [0.05, 0.1) is 25.5 Å². The maximum Gasteiger partial charge on any atom is 0.191 e. The maximum atomic E-state index is 13.5. The van der Waals surface area contributed by atoms with Crippen molar-refractivity contribution in [2.24, 2.45) is 4.99 Å². The first-order chi connectivity index (χ1) is 11.3. The first-order valence-corrected chi connectivity index (χ1v) is 9.90. The topological polar surface area (TPSA) is 79.8 Å². The third-order valence-electron chi connectivity index (χ3n) is 3.14. The van der Waals surface area contributed by atoms with Gasteiger partial charge in [-0.15, -0.1) is 24.0 Å². The van der Waals surface area contributed by atoms with Gasteiger partial charge in [-0.25, -0.2) is 17.8 Å². The van der Waals surface area contributed by atoms with Crippen LogP contribution in [0.4, 0.5) is 4.39 Å². The Hall–Kier alpha value is -0.940. The van der Waals surface area contributed by atoms with Gasteiger partial charge in [0, 0.05) is 19.3 Å². The molecule has 0 amide bonds. The van der Waals surface area contributed by atoms with Gasteiger partial charge in [-0.1, -0.05) is 12.1 Å². The van der Waals surface area contributed by atoms with Gasteiger partial charge < -0.3 is 15.4 Å². The van der Waals surface area contributed by atoms with Crippen LogP contribution >= 0.6 is 24.0 Å². The number of nitrogens with zero attached hydrogens (tertiary/aromatic N) is 1. The molecule has 0 aliphatic carbocycles. The summed E-state index contributed by atoms with van der Waals surface area (Å²) < 4.78 is 40.7. The number of aliphatic imine (C=N–C) groups is 1. The molecule has 0 unspecified atom stereocenters. The molecule has 0 aliphatic rings. The van der Waals surface area contributed by atoms with Crippen LogP contribution in [-0.4, -0.2) is 52.7 Å². The number of hydrogen-bond acceptors (Lipinski definition) is 4. The highest BCUT2D eigenvalue weighted by Crippen LogP contribution is 2.09. The van der Waals surface area contributed by atoms with Gasteiger partial charge in [-0.3, -0.25) is 0 Å². The molecule has 1 aromatic rings. The first-order valence-electron chi connectivity index (χ1n) is 7.84. The predicted octanol–water partition coefficient (Wildman–Crippen LogP) is 1.87. The molecule has 0 bridgehead atoms. The molecule has 0 spiro atoms. The normalized spacial score (nSPS) is 11.8. The Kier molecular flexibility index (Phi) is 12.0. The lowest BCUT2D eigenvalue weighted by atomic mass is 10.1. The predicted molar refractivity (Wildman–Crippen MR) is 110 cm³/mol. The van der Waals surface area contributed by atoms with Crippen LogP contribution in [0.15, 0.2) is 23.2 Å². The fraction of sp³-hybridized carbons (Fsp3) is 0.562. The number of halogens is 2. The average molecular weight is 487 g/mol. The average Bonchev–Trinajstić information content (AvgIpc) is 2.50. The van der Waals surface area contributed by atoms with E-state index in [-0.39, 0.29) is 42.2 Å². The number of aryl methyl sites for hydroxylation is 1. The van der Waals surface area contributed by atoms with Crippen LogP contribution in [0.5, 0.6) is 0 Å². The standard InChI is InChI=1S/C16H26FN3O3S.HI/c1-4-18-16(19-7-8-23-9-10-24(3,21)22)20-12-14-6-5-13(2)15(17)11-14;/h5-6,11H,4,7-10,12H2,1-3H3,(H2,18,19,20);1H. The van der Waals surface area contributed by atoms with Crippen molar-refractivity contribution in [3.8, 4) is 0 Å². The van der Waals surface area contributed by atoms with Crippen LogP contribution in [-0.2, 0) is 21.1 Å². The Balaban J connectivity index is 0.00000576. The number of sulfone groups is 1. The minimum absolute atomic E-state index is 0. The molecule has 25 heavy (non-hydrogen) atoms. The lowest BCUT2D eigenvalue weighted by Crippen LogP contribution is -2.39. The van der Waals surface area contributed by atoms with Crippen LogP contribution in [0, 0.1) is 12.7 Å². The van der Waals surface area contributed by atoms with Crippen molar-refractivity contribution < 1.29 is 17.5 Å². The number of guanidine groups is 1. The van der Waals surface area contributed by atoms with Gasteiger partial charge in [-0.2, -0.15) is 0 Å². The third kappa shape index (κ3) is 11.3. The van der Waals surface area contributed by atoms with E-state index < -0.39 is 9.84 Å². The molecule has 1 aromatic carbocycles. The van der Waals surface area contributed by atoms with E-state index >= 15 is 0 Å². The van der Waals surface area contributed by atoms with Crippen molar-refractivity contribution in [2.75, 3.05) is 38.3 Å². The smallest absolute Gasteiger partial charge is 0.191 e. The highest BCUT2D eigenvalue weighted by Gasteiger charge is 2.02. The molecule has 0 aromatic heterocycles. The Morgan fingerprint density at radius 1 is 1.28 bits per heavy atom. The highest BCUT2D eigenvalue weighted by molar-refractivity contribution is 14.0. The summed E-state index contributed by atoms with van der Waals surface area (Å²) in [5, 5.41) is 6.17. The largest absolute Gasteiger partial charge is 0.379 e. The van der Waals surface area contributed by atoms with Gasteiger partial charge in [0.25, 0.3) is 0 Å². The molecule has 0 fully saturated rings. The molecule has 144 valence electrons. The zero-order valence-corrected chi connectivity index (χ0v) is 18.0. The van der Waals surface area contributed by atoms with Crippen molar-refractivity contribution in [3.63, 3.8) is 0 Å². The second-order valence-corrected chi connectivity index (χ2v) is 7.71. The van der Waals surface area contributed by atoms with Crippen LogP contribution < -0.4 is 10.6 Å². The number of hydrogen-bond donors (Lipinski definition) is 2. The summed E-state index contributed by atoms with van der Waals surface area (Å²) in [6.45, 7) is 5.78. The maximum absolute atomic E-state index is 13.5.